The summed E-state index contributed by atoms with van der Waals surface area (Å²) in [5, 5.41) is 6.24. The molecule has 0 bridgehead atoms. The van der Waals surface area contributed by atoms with Gasteiger partial charge < -0.3 is 15.4 Å². The van der Waals surface area contributed by atoms with Gasteiger partial charge in [-0.15, -0.1) is 24.0 Å². The molecule has 0 saturated carbocycles. The molecule has 0 radical (unpaired) electrons. The number of hydrogen-bond acceptors (Lipinski definition) is 4. The lowest BCUT2D eigenvalue weighted by Gasteiger charge is -2.12. The summed E-state index contributed by atoms with van der Waals surface area (Å²) in [6, 6.07) is 18.1. The van der Waals surface area contributed by atoms with Crippen molar-refractivity contribution in [2.24, 2.45) is 4.99 Å². The maximum absolute atomic E-state index is 12.2. The minimum Gasteiger partial charge on any atom is -0.492 e. The average molecular weight is 503 g/mol. The molecule has 0 amide bonds. The van der Waals surface area contributed by atoms with Crippen LogP contribution in [0, 0.1) is 0 Å². The molecule has 0 spiro atoms. The third-order valence-electron chi connectivity index (χ3n) is 3.61. The molecular weight excluding hydrogens is 477 g/mol. The Morgan fingerprint density at radius 2 is 1.56 bits per heavy atom. The molecule has 148 valence electrons. The fraction of sp³-hybridized carbons (Fsp3) is 0.316. The molecule has 6 nitrogen and oxygen atoms in total. The lowest BCUT2D eigenvalue weighted by Crippen LogP contribution is -2.40. The minimum absolute atomic E-state index is 0. The van der Waals surface area contributed by atoms with E-state index in [1.807, 2.05) is 30.3 Å². The van der Waals surface area contributed by atoms with E-state index in [0.717, 1.165) is 5.75 Å². The summed E-state index contributed by atoms with van der Waals surface area (Å²) in [7, 11) is -1.56. The van der Waals surface area contributed by atoms with E-state index in [1.54, 1.807) is 37.4 Å². The first-order chi connectivity index (χ1) is 12.6. The highest BCUT2D eigenvalue weighted by molar-refractivity contribution is 14.0. The van der Waals surface area contributed by atoms with Gasteiger partial charge in [-0.05, 0) is 30.7 Å². The number of benzene rings is 2. The molecule has 0 atom stereocenters. The molecule has 2 N–H and O–H groups in total. The molecule has 2 aromatic rings. The van der Waals surface area contributed by atoms with Crippen LogP contribution in [0.5, 0.6) is 5.75 Å². The number of nitrogens with zero attached hydrogens (tertiary/aromatic N) is 1. The number of halogens is 1. The third-order valence-corrected chi connectivity index (χ3v) is 5.43. The summed E-state index contributed by atoms with van der Waals surface area (Å²) in [6.45, 7) is 1.62. The van der Waals surface area contributed by atoms with Crippen LogP contribution in [-0.4, -0.2) is 46.9 Å². The molecule has 0 aliphatic carbocycles. The average Bonchev–Trinajstić information content (AvgIpc) is 2.68. The van der Waals surface area contributed by atoms with E-state index < -0.39 is 9.84 Å². The van der Waals surface area contributed by atoms with Crippen LogP contribution < -0.4 is 15.4 Å². The normalized spacial score (nSPS) is 11.4. The SMILES string of the molecule is CN=C(NCCCS(=O)(=O)c1ccccc1)NCCOc1ccccc1.I. The molecule has 0 aliphatic heterocycles. The van der Waals surface area contributed by atoms with Crippen molar-refractivity contribution in [2.45, 2.75) is 11.3 Å². The Kier molecular flexibility index (Phi) is 10.8. The molecule has 27 heavy (non-hydrogen) atoms. The standard InChI is InChI=1S/C19H25N3O3S.HI/c1-20-19(22-14-15-25-17-9-4-2-5-10-17)21-13-8-16-26(23,24)18-11-6-3-7-12-18;/h2-7,9-12H,8,13-16H2,1H3,(H2,20,21,22);1H. The first-order valence-corrected chi connectivity index (χ1v) is 10.2. The van der Waals surface area contributed by atoms with E-state index in [-0.39, 0.29) is 29.7 Å². The fourth-order valence-corrected chi connectivity index (χ4v) is 3.62. The molecule has 0 unspecified atom stereocenters. The van der Waals surface area contributed by atoms with Gasteiger partial charge in [-0.3, -0.25) is 4.99 Å². The van der Waals surface area contributed by atoms with E-state index in [4.69, 9.17) is 4.74 Å². The van der Waals surface area contributed by atoms with Crippen LogP contribution in [0.2, 0.25) is 0 Å². The Bertz CT molecular complexity index is 784. The second-order valence-electron chi connectivity index (χ2n) is 5.57. The molecule has 0 aromatic heterocycles. The molecular formula is C19H26IN3O3S. The number of para-hydroxylation sites is 1. The predicted octanol–water partition coefficient (Wildman–Crippen LogP) is 2.71. The number of aliphatic imine (C=N–C) groups is 1. The Morgan fingerprint density at radius 1 is 0.963 bits per heavy atom. The zero-order valence-corrected chi connectivity index (χ0v) is 18.4. The summed E-state index contributed by atoms with van der Waals surface area (Å²) in [5.74, 6) is 1.54. The highest BCUT2D eigenvalue weighted by Crippen LogP contribution is 2.10. The van der Waals surface area contributed by atoms with E-state index in [1.165, 1.54) is 0 Å². The van der Waals surface area contributed by atoms with Crippen LogP contribution in [0.4, 0.5) is 0 Å². The second kappa shape index (κ2) is 12.6. The van der Waals surface area contributed by atoms with Crippen LogP contribution in [0.15, 0.2) is 70.6 Å². The highest BCUT2D eigenvalue weighted by Gasteiger charge is 2.13. The third kappa shape index (κ3) is 8.61. The van der Waals surface area contributed by atoms with Gasteiger partial charge >= 0.3 is 0 Å². The van der Waals surface area contributed by atoms with Crippen molar-refractivity contribution in [3.8, 4) is 5.75 Å². The van der Waals surface area contributed by atoms with E-state index in [0.29, 0.717) is 37.0 Å². The van der Waals surface area contributed by atoms with E-state index in [9.17, 15) is 8.42 Å². The van der Waals surface area contributed by atoms with Gasteiger partial charge in [0.1, 0.15) is 12.4 Å². The van der Waals surface area contributed by atoms with Gasteiger partial charge in [-0.2, -0.15) is 0 Å². The number of ether oxygens (including phenoxy) is 1. The van der Waals surface area contributed by atoms with Gasteiger partial charge in [0.15, 0.2) is 15.8 Å². The monoisotopic (exact) mass is 503 g/mol. The molecule has 0 aliphatic rings. The number of guanidine groups is 1. The number of nitrogens with one attached hydrogen (secondary N) is 2. The summed E-state index contributed by atoms with van der Waals surface area (Å²) in [5.41, 5.74) is 0. The molecule has 0 fully saturated rings. The lowest BCUT2D eigenvalue weighted by molar-refractivity contribution is 0.322. The number of rotatable bonds is 9. The summed E-state index contributed by atoms with van der Waals surface area (Å²) >= 11 is 0. The maximum Gasteiger partial charge on any atom is 0.191 e. The van der Waals surface area contributed by atoms with E-state index in [2.05, 4.69) is 15.6 Å². The molecule has 2 aromatic carbocycles. The van der Waals surface area contributed by atoms with Gasteiger partial charge in [0.25, 0.3) is 0 Å². The van der Waals surface area contributed by atoms with Crippen LogP contribution in [0.3, 0.4) is 0 Å². The Balaban J connectivity index is 0.00000364. The van der Waals surface area contributed by atoms with Crippen molar-refractivity contribution in [3.05, 3.63) is 60.7 Å². The van der Waals surface area contributed by atoms with Crippen molar-refractivity contribution in [1.82, 2.24) is 10.6 Å². The highest BCUT2D eigenvalue weighted by atomic mass is 127. The van der Waals surface area contributed by atoms with E-state index >= 15 is 0 Å². The largest absolute Gasteiger partial charge is 0.492 e. The summed E-state index contributed by atoms with van der Waals surface area (Å²) in [4.78, 5) is 4.48. The predicted molar refractivity (Wildman–Crippen MR) is 120 cm³/mol. The molecule has 0 saturated heterocycles. The molecule has 0 heterocycles. The van der Waals surface area contributed by atoms with Crippen LogP contribution >= 0.6 is 24.0 Å². The van der Waals surface area contributed by atoms with Gasteiger partial charge in [-0.25, -0.2) is 8.42 Å². The van der Waals surface area contributed by atoms with Gasteiger partial charge in [0.05, 0.1) is 17.2 Å². The van der Waals surface area contributed by atoms with Gasteiger partial charge in [0.2, 0.25) is 0 Å². The summed E-state index contributed by atoms with van der Waals surface area (Å²) in [6.07, 6.45) is 0.498. The topological polar surface area (TPSA) is 79.8 Å². The van der Waals surface area contributed by atoms with Crippen molar-refractivity contribution >= 4 is 39.8 Å². The van der Waals surface area contributed by atoms with Gasteiger partial charge in [-0.1, -0.05) is 36.4 Å². The van der Waals surface area contributed by atoms with Crippen molar-refractivity contribution in [2.75, 3.05) is 32.5 Å². The lowest BCUT2D eigenvalue weighted by atomic mass is 10.3. The molecule has 2 rings (SSSR count). The Labute approximate surface area is 178 Å². The van der Waals surface area contributed by atoms with Crippen molar-refractivity contribution < 1.29 is 13.2 Å². The second-order valence-corrected chi connectivity index (χ2v) is 7.68. The quantitative estimate of drug-likeness (QED) is 0.238. The molecule has 8 heteroatoms. The van der Waals surface area contributed by atoms with Gasteiger partial charge in [0, 0.05) is 13.6 Å². The fourth-order valence-electron chi connectivity index (χ4n) is 2.29. The number of sulfone groups is 1. The minimum atomic E-state index is -3.24. The first-order valence-electron chi connectivity index (χ1n) is 8.52. The summed E-state index contributed by atoms with van der Waals surface area (Å²) < 4.78 is 30.0. The number of hydrogen-bond donors (Lipinski definition) is 2. The maximum atomic E-state index is 12.2. The first kappa shape index (κ1) is 23.2. The van der Waals surface area contributed by atoms with Crippen molar-refractivity contribution in [3.63, 3.8) is 0 Å². The van der Waals surface area contributed by atoms with Crippen LogP contribution in [0.1, 0.15) is 6.42 Å². The Hall–Kier alpha value is -1.81. The Morgan fingerprint density at radius 3 is 2.19 bits per heavy atom. The zero-order valence-electron chi connectivity index (χ0n) is 15.3. The van der Waals surface area contributed by atoms with Crippen LogP contribution in [0.25, 0.3) is 0 Å². The van der Waals surface area contributed by atoms with Crippen LogP contribution in [-0.2, 0) is 9.84 Å². The van der Waals surface area contributed by atoms with Crippen molar-refractivity contribution in [1.29, 1.82) is 0 Å². The smallest absolute Gasteiger partial charge is 0.191 e. The zero-order chi connectivity index (χ0) is 18.7.